The molecule has 5 aromatic rings. The second-order valence-electron chi connectivity index (χ2n) is 8.94. The number of ether oxygens (including phenoxy) is 1. The molecule has 4 heterocycles. The number of pyridine rings is 1. The summed E-state index contributed by atoms with van der Waals surface area (Å²) in [6.45, 7) is 7.07. The van der Waals surface area contributed by atoms with Crippen LogP contribution in [0.15, 0.2) is 70.6 Å². The molecule has 1 aliphatic rings. The molecule has 1 aliphatic heterocycles. The summed E-state index contributed by atoms with van der Waals surface area (Å²) in [5.41, 5.74) is 7.48. The van der Waals surface area contributed by atoms with Crippen molar-refractivity contribution >= 4 is 43.4 Å². The van der Waals surface area contributed by atoms with Gasteiger partial charge >= 0.3 is 0 Å². The van der Waals surface area contributed by atoms with E-state index in [4.69, 9.17) is 9.15 Å². The third-order valence-corrected chi connectivity index (χ3v) is 7.84. The fraction of sp³-hybridized carbons (Fsp3) is 0.250. The summed E-state index contributed by atoms with van der Waals surface area (Å²) in [5.74, 6) is 0.0753. The normalized spacial score (nSPS) is 17.5. The number of benzene rings is 2. The Morgan fingerprint density at radius 1 is 1.12 bits per heavy atom. The Kier molecular flexibility index (Phi) is 4.87. The Morgan fingerprint density at radius 2 is 1.94 bits per heavy atom. The maximum atomic E-state index is 10.0. The first-order valence-electron chi connectivity index (χ1n) is 11.3. The van der Waals surface area contributed by atoms with Crippen LogP contribution < -0.4 is 4.57 Å². The lowest BCUT2D eigenvalue weighted by molar-refractivity contribution is -0.710. The quantitative estimate of drug-likeness (QED) is 0.250. The molecule has 0 fully saturated rings. The van der Waals surface area contributed by atoms with Gasteiger partial charge in [-0.05, 0) is 47.9 Å². The van der Waals surface area contributed by atoms with Crippen molar-refractivity contribution in [3.05, 3.63) is 77.3 Å². The van der Waals surface area contributed by atoms with Crippen LogP contribution in [0, 0.1) is 6.92 Å². The first kappa shape index (κ1) is 20.6. The van der Waals surface area contributed by atoms with Crippen LogP contribution in [-0.4, -0.2) is 25.4 Å². The van der Waals surface area contributed by atoms with Crippen LogP contribution in [0.2, 0.25) is 0 Å². The Bertz CT molecular complexity index is 1540. The third-order valence-electron chi connectivity index (χ3n) is 6.91. The largest absolute Gasteiger partial charge is 0.454 e. The molecule has 33 heavy (non-hydrogen) atoms. The molecule has 4 nitrogen and oxygen atoms in total. The number of thiophene rings is 1. The first-order valence-corrected chi connectivity index (χ1v) is 12.1. The van der Waals surface area contributed by atoms with Crippen LogP contribution >= 0.6 is 11.3 Å². The van der Waals surface area contributed by atoms with Gasteiger partial charge in [0.1, 0.15) is 5.58 Å². The summed E-state index contributed by atoms with van der Waals surface area (Å²) < 4.78 is 15.6. The van der Waals surface area contributed by atoms with E-state index in [1.165, 1.54) is 21.2 Å². The Hall–Kier alpha value is -2.99. The molecule has 0 aliphatic carbocycles. The molecule has 0 bridgehead atoms. The molecule has 166 valence electrons. The molecule has 0 spiro atoms. The Balaban J connectivity index is 1.70. The van der Waals surface area contributed by atoms with E-state index in [1.807, 2.05) is 0 Å². The zero-order valence-electron chi connectivity index (χ0n) is 18.8. The SMILES string of the molecule is C=C(COC)C1C(CCO)c2ccc3c(oc4c3ccc3ccsc34)c2-c2ccc(C)c[n+]21. The van der Waals surface area contributed by atoms with E-state index >= 15 is 0 Å². The van der Waals surface area contributed by atoms with Crippen molar-refractivity contribution in [3.63, 3.8) is 0 Å². The summed E-state index contributed by atoms with van der Waals surface area (Å²) >= 11 is 1.72. The van der Waals surface area contributed by atoms with Crippen molar-refractivity contribution in [3.8, 4) is 11.3 Å². The van der Waals surface area contributed by atoms with E-state index in [2.05, 4.69) is 72.1 Å². The molecule has 2 aromatic carbocycles. The van der Waals surface area contributed by atoms with Crippen molar-refractivity contribution in [2.75, 3.05) is 20.3 Å². The minimum atomic E-state index is 0.00494. The van der Waals surface area contributed by atoms with Crippen LogP contribution in [-0.2, 0) is 4.74 Å². The molecular formula is C28H26NO3S+. The number of hydrogen-bond donors (Lipinski definition) is 1. The third kappa shape index (κ3) is 3.00. The number of hydrogen-bond acceptors (Lipinski definition) is 4. The van der Waals surface area contributed by atoms with Gasteiger partial charge in [-0.25, -0.2) is 0 Å². The highest BCUT2D eigenvalue weighted by Gasteiger charge is 2.43. The summed E-state index contributed by atoms with van der Waals surface area (Å²) in [6, 6.07) is 15.2. The molecule has 5 heteroatoms. The van der Waals surface area contributed by atoms with Crippen molar-refractivity contribution in [1.82, 2.24) is 0 Å². The minimum absolute atomic E-state index is 0.00494. The predicted octanol–water partition coefficient (Wildman–Crippen LogP) is 6.29. The van der Waals surface area contributed by atoms with Gasteiger partial charge in [-0.3, -0.25) is 0 Å². The first-order chi connectivity index (χ1) is 16.1. The summed E-state index contributed by atoms with van der Waals surface area (Å²) in [4.78, 5) is 0. The number of rotatable bonds is 5. The number of aliphatic hydroxyl groups is 1. The van der Waals surface area contributed by atoms with E-state index < -0.39 is 0 Å². The fourth-order valence-corrected chi connectivity index (χ4v) is 6.43. The van der Waals surface area contributed by atoms with E-state index in [1.54, 1.807) is 18.4 Å². The van der Waals surface area contributed by atoms with Gasteiger partial charge in [-0.2, -0.15) is 4.57 Å². The van der Waals surface area contributed by atoms with Gasteiger partial charge in [0.2, 0.25) is 5.69 Å². The van der Waals surface area contributed by atoms with Crippen LogP contribution in [0.1, 0.15) is 29.5 Å². The number of fused-ring (bicyclic) bond motifs is 9. The molecule has 2 unspecified atom stereocenters. The summed E-state index contributed by atoms with van der Waals surface area (Å²) in [5, 5.41) is 15.6. The number of nitrogens with zero attached hydrogens (tertiary/aromatic N) is 1. The predicted molar refractivity (Wildman–Crippen MR) is 134 cm³/mol. The zero-order chi connectivity index (χ0) is 22.7. The molecular weight excluding hydrogens is 430 g/mol. The zero-order valence-corrected chi connectivity index (χ0v) is 19.6. The number of aryl methyl sites for hydroxylation is 1. The monoisotopic (exact) mass is 456 g/mol. The highest BCUT2D eigenvalue weighted by molar-refractivity contribution is 7.18. The molecule has 6 rings (SSSR count). The van der Waals surface area contributed by atoms with E-state index in [9.17, 15) is 5.11 Å². The molecule has 2 atom stereocenters. The molecule has 1 N–H and O–H groups in total. The average molecular weight is 457 g/mol. The Labute approximate surface area is 196 Å². The summed E-state index contributed by atoms with van der Waals surface area (Å²) in [6.07, 6.45) is 2.83. The molecule has 0 saturated carbocycles. The average Bonchev–Trinajstić information content (AvgIpc) is 3.43. The van der Waals surface area contributed by atoms with Crippen LogP contribution in [0.25, 0.3) is 43.3 Å². The molecule has 0 radical (unpaired) electrons. The number of methoxy groups -OCH3 is 1. The highest BCUT2D eigenvalue weighted by atomic mass is 32.1. The van der Waals surface area contributed by atoms with Crippen LogP contribution in [0.3, 0.4) is 0 Å². The maximum absolute atomic E-state index is 10.0. The van der Waals surface area contributed by atoms with E-state index in [0.29, 0.717) is 13.0 Å². The van der Waals surface area contributed by atoms with Crippen LogP contribution in [0.4, 0.5) is 0 Å². The lowest BCUT2D eigenvalue weighted by Gasteiger charge is -2.31. The molecule has 3 aromatic heterocycles. The van der Waals surface area contributed by atoms with Crippen LogP contribution in [0.5, 0.6) is 0 Å². The second-order valence-corrected chi connectivity index (χ2v) is 9.86. The number of furan rings is 1. The van der Waals surface area contributed by atoms with Gasteiger partial charge in [-0.1, -0.05) is 24.8 Å². The van der Waals surface area contributed by atoms with E-state index in [0.717, 1.165) is 38.8 Å². The smallest absolute Gasteiger partial charge is 0.217 e. The van der Waals surface area contributed by atoms with Gasteiger partial charge in [0.25, 0.3) is 0 Å². The fourth-order valence-electron chi connectivity index (χ4n) is 5.55. The van der Waals surface area contributed by atoms with Gasteiger partial charge < -0.3 is 14.3 Å². The highest BCUT2D eigenvalue weighted by Crippen LogP contribution is 2.48. The standard InChI is InChI=1S/C28H26NO3S/c1-16-4-9-23-24-19(20(10-12-30)25(29(23)14-16)17(2)15-31-3)7-8-21-22-6-5-18-11-13-33-28(18)27(22)32-26(21)24/h4-9,11,13-14,20,25,30H,2,10,12,15H2,1,3H3/q+1. The minimum Gasteiger partial charge on any atom is -0.454 e. The topological polar surface area (TPSA) is 46.5 Å². The van der Waals surface area contributed by atoms with Crippen molar-refractivity contribution in [1.29, 1.82) is 0 Å². The van der Waals surface area contributed by atoms with Gasteiger partial charge in [0.15, 0.2) is 17.8 Å². The lowest BCUT2D eigenvalue weighted by atomic mass is 9.78. The second kappa shape index (κ2) is 7.80. The van der Waals surface area contributed by atoms with Gasteiger partial charge in [-0.15, -0.1) is 11.3 Å². The maximum Gasteiger partial charge on any atom is 0.217 e. The molecule has 0 saturated heterocycles. The molecule has 0 amide bonds. The number of aromatic nitrogens is 1. The van der Waals surface area contributed by atoms with Crippen molar-refractivity contribution in [2.45, 2.75) is 25.3 Å². The summed E-state index contributed by atoms with van der Waals surface area (Å²) in [7, 11) is 1.70. The Morgan fingerprint density at radius 3 is 2.76 bits per heavy atom. The van der Waals surface area contributed by atoms with Crippen molar-refractivity contribution < 1.29 is 18.8 Å². The number of aliphatic hydroxyl groups excluding tert-OH is 1. The van der Waals surface area contributed by atoms with E-state index in [-0.39, 0.29) is 18.6 Å². The lowest BCUT2D eigenvalue weighted by Crippen LogP contribution is -2.49. The van der Waals surface area contributed by atoms with Crippen molar-refractivity contribution in [2.24, 2.45) is 0 Å². The van der Waals surface area contributed by atoms with Gasteiger partial charge in [0.05, 0.1) is 22.8 Å². The van der Waals surface area contributed by atoms with Gasteiger partial charge in [0, 0.05) is 41.7 Å².